The molecule has 0 fully saturated rings. The molecular formula is C24H24ClF6N5O3S. The topological polar surface area (TPSA) is 110 Å². The second-order valence-corrected chi connectivity index (χ2v) is 10.8. The number of fused-ring (bicyclic) bond motifs is 1. The number of aryl methyl sites for hydroxylation is 1. The Balaban J connectivity index is 0.00000441. The zero-order chi connectivity index (χ0) is 28.7. The normalized spacial score (nSPS) is 14.3. The average molecular weight is 612 g/mol. The summed E-state index contributed by atoms with van der Waals surface area (Å²) in [7, 11) is -4.31. The zero-order valence-corrected chi connectivity index (χ0v) is 22.4. The van der Waals surface area contributed by atoms with E-state index < -0.39 is 63.8 Å². The van der Waals surface area contributed by atoms with Gasteiger partial charge in [-0.1, -0.05) is 17.7 Å². The smallest absolute Gasteiger partial charge is 0.335 e. The lowest BCUT2D eigenvalue weighted by Crippen LogP contribution is -2.42. The van der Waals surface area contributed by atoms with Crippen LogP contribution in [0.4, 0.5) is 32.2 Å². The lowest BCUT2D eigenvalue weighted by atomic mass is 10.0. The zero-order valence-electron chi connectivity index (χ0n) is 20.8. The minimum Gasteiger partial charge on any atom is -0.335 e. The number of benzene rings is 2. The van der Waals surface area contributed by atoms with Gasteiger partial charge in [0.05, 0.1) is 17.1 Å². The van der Waals surface area contributed by atoms with Crippen LogP contribution in [0.2, 0.25) is 0 Å². The highest BCUT2D eigenvalue weighted by Crippen LogP contribution is 2.35. The fraction of sp³-hybridized carbons (Fsp3) is 0.333. The molecule has 0 saturated carbocycles. The largest absolute Gasteiger partial charge is 0.449 e. The number of aromatic nitrogens is 2. The molecule has 0 bridgehead atoms. The van der Waals surface area contributed by atoms with E-state index in [9.17, 15) is 39.6 Å². The highest BCUT2D eigenvalue weighted by Gasteiger charge is 2.41. The number of halogens is 7. The van der Waals surface area contributed by atoms with E-state index in [4.69, 9.17) is 5.73 Å². The number of hydrogen-bond acceptors (Lipinski definition) is 5. The first-order valence-electron chi connectivity index (χ1n) is 11.6. The molecule has 1 atom stereocenters. The van der Waals surface area contributed by atoms with E-state index >= 15 is 0 Å². The number of nitrogens with zero attached hydrogens (tertiary/aromatic N) is 3. The lowest BCUT2D eigenvalue weighted by Gasteiger charge is -2.30. The van der Waals surface area contributed by atoms with Gasteiger partial charge in [-0.15, -0.1) is 12.4 Å². The van der Waals surface area contributed by atoms with E-state index in [2.05, 4.69) is 9.71 Å². The second kappa shape index (κ2) is 11.7. The lowest BCUT2D eigenvalue weighted by molar-refractivity contribution is -0.148. The summed E-state index contributed by atoms with van der Waals surface area (Å²) in [5.41, 5.74) is 6.27. The van der Waals surface area contributed by atoms with Crippen LogP contribution in [0.5, 0.6) is 0 Å². The number of anilines is 1. The number of amides is 1. The van der Waals surface area contributed by atoms with Crippen molar-refractivity contribution >= 4 is 34.2 Å². The van der Waals surface area contributed by atoms with Crippen molar-refractivity contribution in [2.24, 2.45) is 5.73 Å². The van der Waals surface area contributed by atoms with E-state index in [0.29, 0.717) is 12.1 Å². The summed E-state index contributed by atoms with van der Waals surface area (Å²) in [6.45, 7) is 0.820. The van der Waals surface area contributed by atoms with E-state index in [-0.39, 0.29) is 54.5 Å². The van der Waals surface area contributed by atoms with Crippen LogP contribution in [-0.4, -0.2) is 41.4 Å². The highest BCUT2D eigenvalue weighted by atomic mass is 35.5. The molecule has 8 nitrogen and oxygen atoms in total. The van der Waals surface area contributed by atoms with Gasteiger partial charge in [0, 0.05) is 31.6 Å². The molecule has 0 saturated heterocycles. The summed E-state index contributed by atoms with van der Waals surface area (Å²) in [5.74, 6) is -6.21. The Morgan fingerprint density at radius 2 is 1.70 bits per heavy atom. The van der Waals surface area contributed by atoms with Gasteiger partial charge in [0.2, 0.25) is 11.7 Å². The van der Waals surface area contributed by atoms with Gasteiger partial charge >= 0.3 is 6.18 Å². The van der Waals surface area contributed by atoms with E-state index in [1.165, 1.54) is 29.2 Å². The number of alkyl halides is 3. The SMILES string of the molecule is Cc1ccc(S(=O)(=O)Nc2nc(C(F)(F)F)n3c2CN(C(=O)C[C@H](N)Cc2cc(F)c(F)cc2F)CC3)cc1.Cl. The van der Waals surface area contributed by atoms with Gasteiger partial charge in [-0.3, -0.25) is 9.52 Å². The molecule has 1 aromatic heterocycles. The van der Waals surface area contributed by atoms with Crippen LogP contribution < -0.4 is 10.5 Å². The highest BCUT2D eigenvalue weighted by molar-refractivity contribution is 7.92. The summed E-state index contributed by atoms with van der Waals surface area (Å²) in [4.78, 5) is 17.4. The molecular weight excluding hydrogens is 588 g/mol. The predicted octanol–water partition coefficient (Wildman–Crippen LogP) is 4.15. The number of nitrogens with two attached hydrogens (primary N) is 1. The fourth-order valence-corrected chi connectivity index (χ4v) is 5.24. The van der Waals surface area contributed by atoms with Crippen LogP contribution in [0.3, 0.4) is 0 Å². The van der Waals surface area contributed by atoms with Crippen molar-refractivity contribution in [2.75, 3.05) is 11.3 Å². The van der Waals surface area contributed by atoms with Crippen molar-refractivity contribution in [1.82, 2.24) is 14.5 Å². The number of nitrogens with one attached hydrogen (secondary N) is 1. The summed E-state index contributed by atoms with van der Waals surface area (Å²) in [6, 6.07) is 5.61. The van der Waals surface area contributed by atoms with Crippen LogP contribution in [0.15, 0.2) is 41.3 Å². The van der Waals surface area contributed by atoms with Crippen molar-refractivity contribution in [2.45, 2.75) is 50.0 Å². The van der Waals surface area contributed by atoms with Crippen LogP contribution in [0, 0.1) is 24.4 Å². The van der Waals surface area contributed by atoms with Gasteiger partial charge in [0.25, 0.3) is 10.0 Å². The molecule has 0 radical (unpaired) electrons. The maximum atomic E-state index is 14.0. The van der Waals surface area contributed by atoms with Crippen molar-refractivity contribution < 1.29 is 39.6 Å². The van der Waals surface area contributed by atoms with E-state index in [1.54, 1.807) is 6.92 Å². The Morgan fingerprint density at radius 3 is 2.33 bits per heavy atom. The van der Waals surface area contributed by atoms with Gasteiger partial charge in [-0.25, -0.2) is 26.6 Å². The van der Waals surface area contributed by atoms with Gasteiger partial charge < -0.3 is 15.2 Å². The maximum Gasteiger partial charge on any atom is 0.449 e. The molecule has 1 aliphatic rings. The summed E-state index contributed by atoms with van der Waals surface area (Å²) in [6.07, 6.45) is -5.59. The Kier molecular flexibility index (Phi) is 9.11. The van der Waals surface area contributed by atoms with Crippen molar-refractivity contribution in [3.05, 3.63) is 76.5 Å². The number of hydrogen-bond donors (Lipinski definition) is 2. The van der Waals surface area contributed by atoms with E-state index in [0.717, 1.165) is 10.1 Å². The Bertz CT molecular complexity index is 1510. The van der Waals surface area contributed by atoms with Gasteiger partial charge in [0.1, 0.15) is 5.82 Å². The maximum absolute atomic E-state index is 14.0. The summed E-state index contributed by atoms with van der Waals surface area (Å²) >= 11 is 0. The third kappa shape index (κ3) is 6.70. The van der Waals surface area contributed by atoms with Crippen LogP contribution in [0.25, 0.3) is 0 Å². The molecule has 0 spiro atoms. The van der Waals surface area contributed by atoms with Crippen LogP contribution in [0.1, 0.15) is 29.1 Å². The van der Waals surface area contributed by atoms with Gasteiger partial charge in [-0.2, -0.15) is 13.2 Å². The third-order valence-electron chi connectivity index (χ3n) is 6.18. The Morgan fingerprint density at radius 1 is 1.07 bits per heavy atom. The Hall–Kier alpha value is -3.30. The Labute approximate surface area is 231 Å². The molecule has 0 unspecified atom stereocenters. The van der Waals surface area contributed by atoms with Gasteiger partial charge in [0.15, 0.2) is 17.5 Å². The molecule has 1 amide bonds. The van der Waals surface area contributed by atoms with Crippen molar-refractivity contribution in [3.8, 4) is 0 Å². The molecule has 2 heterocycles. The molecule has 1 aliphatic heterocycles. The van der Waals surface area contributed by atoms with Crippen molar-refractivity contribution in [1.29, 1.82) is 0 Å². The molecule has 16 heteroatoms. The summed E-state index contributed by atoms with van der Waals surface area (Å²) in [5, 5.41) is 0. The molecule has 3 aromatic rings. The molecule has 4 rings (SSSR count). The van der Waals surface area contributed by atoms with Crippen LogP contribution >= 0.6 is 12.4 Å². The average Bonchev–Trinajstić information content (AvgIpc) is 3.20. The van der Waals surface area contributed by atoms with Crippen molar-refractivity contribution in [3.63, 3.8) is 0 Å². The predicted molar refractivity (Wildman–Crippen MR) is 134 cm³/mol. The third-order valence-corrected chi connectivity index (χ3v) is 7.54. The molecule has 2 aromatic carbocycles. The first kappa shape index (κ1) is 31.2. The minimum atomic E-state index is -4.90. The number of sulfonamides is 1. The van der Waals surface area contributed by atoms with Gasteiger partial charge in [-0.05, 0) is 37.1 Å². The number of carbonyl (C=O) groups excluding carboxylic acids is 1. The van der Waals surface area contributed by atoms with E-state index in [1.807, 2.05) is 0 Å². The first-order chi connectivity index (χ1) is 18.2. The first-order valence-corrected chi connectivity index (χ1v) is 13.1. The molecule has 218 valence electrons. The standard InChI is InChI=1S/C24H23F6N5O3S.ClH/c1-13-2-4-16(5-3-13)39(37,38)33-22-20-12-34(6-7-35(20)23(32-22)24(28,29)30)21(36)10-15(31)8-14-9-18(26)19(27)11-17(14)25;/h2-5,9,11,15,33H,6-8,10,12,31H2,1H3;1H/t15-;/m1./s1. The fourth-order valence-electron chi connectivity index (χ4n) is 4.21. The minimum absolute atomic E-state index is 0. The number of rotatable bonds is 7. The quantitative estimate of drug-likeness (QED) is 0.308. The molecule has 3 N–H and O–H groups in total. The second-order valence-electron chi connectivity index (χ2n) is 9.14. The monoisotopic (exact) mass is 611 g/mol. The molecule has 0 aliphatic carbocycles. The summed E-state index contributed by atoms with van der Waals surface area (Å²) < 4.78 is 110. The molecule has 40 heavy (non-hydrogen) atoms. The van der Waals surface area contributed by atoms with Crippen LogP contribution in [-0.2, 0) is 40.5 Å². The number of carbonyl (C=O) groups is 1. The number of imidazole rings is 1.